The number of anilines is 1. The number of aliphatic imine (C=N–C) groups is 1. The molecule has 1 saturated carbocycles. The van der Waals surface area contributed by atoms with Crippen LogP contribution in [0.2, 0.25) is 0 Å². The Hall–Kier alpha value is -2.14. The molecule has 1 heterocycles. The minimum atomic E-state index is 0.137. The van der Waals surface area contributed by atoms with Crippen molar-refractivity contribution >= 4 is 23.4 Å². The molecule has 5 heteroatoms. The molecule has 2 aliphatic rings. The predicted molar refractivity (Wildman–Crippen MR) is 106 cm³/mol. The molecule has 0 saturated heterocycles. The van der Waals surface area contributed by atoms with E-state index in [0.717, 1.165) is 23.2 Å². The summed E-state index contributed by atoms with van der Waals surface area (Å²) in [5.41, 5.74) is 10.0. The van der Waals surface area contributed by atoms with E-state index in [4.69, 9.17) is 10.5 Å². The number of carbonyl (C=O) groups is 1. The van der Waals surface area contributed by atoms with Gasteiger partial charge in [0.05, 0.1) is 13.2 Å². The number of allylic oxidation sites excluding steroid dienone is 1. The Kier molecular flexibility index (Phi) is 5.77. The molecule has 1 aliphatic heterocycles. The fraction of sp³-hybridized carbons (Fsp3) is 0.524. The molecule has 1 amide bonds. The Morgan fingerprint density at radius 2 is 2.19 bits per heavy atom. The van der Waals surface area contributed by atoms with Gasteiger partial charge in [-0.1, -0.05) is 13.0 Å². The molecule has 0 bridgehead atoms. The van der Waals surface area contributed by atoms with Crippen molar-refractivity contribution in [3.8, 4) is 0 Å². The highest BCUT2D eigenvalue weighted by Crippen LogP contribution is 2.45. The first kappa shape index (κ1) is 18.6. The first-order chi connectivity index (χ1) is 12.6. The second kappa shape index (κ2) is 8.04. The number of hydrogen-bond donors (Lipinski definition) is 1. The zero-order chi connectivity index (χ0) is 18.7. The van der Waals surface area contributed by atoms with Gasteiger partial charge in [0.15, 0.2) is 0 Å². The standard InChI is InChI=1S/C21H29N3O2/c1-14-10-18-11-17(19(12-22)13-23-8-9-26-3)6-7-20(18)24(15(2)25)21(14)16-4-5-16/h6-7,11-14,16,21H,4-5,8-10,22H2,1-3H3/t14-,21-/m1/s1. The lowest BCUT2D eigenvalue weighted by Gasteiger charge is -2.41. The van der Waals surface area contributed by atoms with E-state index < -0.39 is 0 Å². The van der Waals surface area contributed by atoms with Crippen molar-refractivity contribution in [1.82, 2.24) is 0 Å². The Morgan fingerprint density at radius 1 is 1.42 bits per heavy atom. The average Bonchev–Trinajstić information content (AvgIpc) is 3.45. The molecule has 0 unspecified atom stereocenters. The molecule has 0 spiro atoms. The smallest absolute Gasteiger partial charge is 0.224 e. The number of hydrogen-bond acceptors (Lipinski definition) is 4. The summed E-state index contributed by atoms with van der Waals surface area (Å²) in [4.78, 5) is 18.8. The van der Waals surface area contributed by atoms with Crippen LogP contribution in [0, 0.1) is 11.8 Å². The SMILES string of the molecule is COCCN=CC(=CN)c1ccc2c(c1)C[C@@H](C)[C@H](C1CC1)N2C(C)=O. The number of benzene rings is 1. The molecule has 1 aromatic rings. The normalized spacial score (nSPS) is 23.3. The molecule has 2 N–H and O–H groups in total. The zero-order valence-electron chi connectivity index (χ0n) is 15.9. The zero-order valence-corrected chi connectivity index (χ0v) is 15.9. The summed E-state index contributed by atoms with van der Waals surface area (Å²) in [5.74, 6) is 1.27. The van der Waals surface area contributed by atoms with Crippen molar-refractivity contribution in [2.45, 2.75) is 39.2 Å². The van der Waals surface area contributed by atoms with Crippen LogP contribution in [0.4, 0.5) is 5.69 Å². The summed E-state index contributed by atoms with van der Waals surface area (Å²) >= 11 is 0. The van der Waals surface area contributed by atoms with Crippen LogP contribution in [0.3, 0.4) is 0 Å². The quantitative estimate of drug-likeness (QED) is 0.630. The van der Waals surface area contributed by atoms with Gasteiger partial charge in [0, 0.05) is 43.8 Å². The van der Waals surface area contributed by atoms with Crippen molar-refractivity contribution < 1.29 is 9.53 Å². The molecule has 3 rings (SSSR count). The molecule has 1 aliphatic carbocycles. The van der Waals surface area contributed by atoms with Gasteiger partial charge < -0.3 is 15.4 Å². The number of carbonyl (C=O) groups excluding carboxylic acids is 1. The lowest BCUT2D eigenvalue weighted by molar-refractivity contribution is -0.117. The maximum atomic E-state index is 12.4. The monoisotopic (exact) mass is 355 g/mol. The number of rotatable bonds is 6. The van der Waals surface area contributed by atoms with E-state index in [2.05, 4.69) is 24.0 Å². The predicted octanol–water partition coefficient (Wildman–Crippen LogP) is 3.03. The maximum absolute atomic E-state index is 12.4. The highest BCUT2D eigenvalue weighted by atomic mass is 16.5. The van der Waals surface area contributed by atoms with Crippen molar-refractivity contribution in [2.24, 2.45) is 22.6 Å². The van der Waals surface area contributed by atoms with Crippen molar-refractivity contribution in [1.29, 1.82) is 0 Å². The van der Waals surface area contributed by atoms with E-state index in [-0.39, 0.29) is 5.91 Å². The minimum absolute atomic E-state index is 0.137. The van der Waals surface area contributed by atoms with Crippen LogP contribution in [0.5, 0.6) is 0 Å². The van der Waals surface area contributed by atoms with E-state index in [1.54, 1.807) is 26.4 Å². The van der Waals surface area contributed by atoms with Gasteiger partial charge >= 0.3 is 0 Å². The van der Waals surface area contributed by atoms with Gasteiger partial charge in [-0.05, 0) is 54.4 Å². The van der Waals surface area contributed by atoms with E-state index in [9.17, 15) is 4.79 Å². The third-order valence-corrected chi connectivity index (χ3v) is 5.37. The number of amides is 1. The lowest BCUT2D eigenvalue weighted by atomic mass is 9.83. The first-order valence-electron chi connectivity index (χ1n) is 9.40. The third kappa shape index (κ3) is 3.83. The van der Waals surface area contributed by atoms with Gasteiger partial charge in [0.1, 0.15) is 0 Å². The topological polar surface area (TPSA) is 67.9 Å². The molecule has 0 radical (unpaired) electrons. The van der Waals surface area contributed by atoms with Gasteiger partial charge in [-0.25, -0.2) is 0 Å². The summed E-state index contributed by atoms with van der Waals surface area (Å²) in [7, 11) is 1.66. The molecular formula is C21H29N3O2. The number of ether oxygens (including phenoxy) is 1. The van der Waals surface area contributed by atoms with Gasteiger partial charge in [-0.15, -0.1) is 0 Å². The Balaban J connectivity index is 1.89. The summed E-state index contributed by atoms with van der Waals surface area (Å²) in [5, 5.41) is 0. The summed E-state index contributed by atoms with van der Waals surface area (Å²) in [6.07, 6.45) is 6.85. The Morgan fingerprint density at radius 3 is 2.81 bits per heavy atom. The molecule has 5 nitrogen and oxygen atoms in total. The highest BCUT2D eigenvalue weighted by molar-refractivity contribution is 6.10. The largest absolute Gasteiger partial charge is 0.404 e. The van der Waals surface area contributed by atoms with Crippen molar-refractivity contribution in [3.63, 3.8) is 0 Å². The second-order valence-corrected chi connectivity index (χ2v) is 7.39. The second-order valence-electron chi connectivity index (χ2n) is 7.39. The molecular weight excluding hydrogens is 326 g/mol. The van der Waals surface area contributed by atoms with Gasteiger partial charge in [-0.2, -0.15) is 0 Å². The Bertz CT molecular complexity index is 722. The van der Waals surface area contributed by atoms with Crippen LogP contribution in [0.25, 0.3) is 5.57 Å². The molecule has 140 valence electrons. The van der Waals surface area contributed by atoms with Crippen LogP contribution in [0.15, 0.2) is 29.4 Å². The molecule has 26 heavy (non-hydrogen) atoms. The molecule has 2 atom stereocenters. The van der Waals surface area contributed by atoms with Crippen LogP contribution in [-0.2, 0) is 16.0 Å². The van der Waals surface area contributed by atoms with Crippen molar-refractivity contribution in [2.75, 3.05) is 25.2 Å². The van der Waals surface area contributed by atoms with Crippen LogP contribution < -0.4 is 10.6 Å². The van der Waals surface area contributed by atoms with Crippen LogP contribution in [-0.4, -0.2) is 38.4 Å². The maximum Gasteiger partial charge on any atom is 0.224 e. The van der Waals surface area contributed by atoms with Crippen molar-refractivity contribution in [3.05, 3.63) is 35.5 Å². The first-order valence-corrected chi connectivity index (χ1v) is 9.40. The molecule has 1 aromatic carbocycles. The summed E-state index contributed by atoms with van der Waals surface area (Å²) < 4.78 is 5.02. The number of fused-ring (bicyclic) bond motifs is 1. The third-order valence-electron chi connectivity index (χ3n) is 5.37. The Labute approximate surface area is 155 Å². The van der Waals surface area contributed by atoms with Crippen LogP contribution in [0.1, 0.15) is 37.8 Å². The number of nitrogens with two attached hydrogens (primary N) is 1. The fourth-order valence-corrected chi connectivity index (χ4v) is 4.06. The van der Waals surface area contributed by atoms with E-state index in [0.29, 0.717) is 31.0 Å². The van der Waals surface area contributed by atoms with E-state index in [1.807, 2.05) is 11.0 Å². The summed E-state index contributed by atoms with van der Waals surface area (Å²) in [6.45, 7) is 5.14. The number of nitrogens with zero attached hydrogens (tertiary/aromatic N) is 2. The molecule has 1 fully saturated rings. The summed E-state index contributed by atoms with van der Waals surface area (Å²) in [6, 6.07) is 6.60. The van der Waals surface area contributed by atoms with Gasteiger partial charge in [0.25, 0.3) is 0 Å². The van der Waals surface area contributed by atoms with E-state index in [1.165, 1.54) is 18.4 Å². The fourth-order valence-electron chi connectivity index (χ4n) is 4.06. The molecule has 0 aromatic heterocycles. The van der Waals surface area contributed by atoms with Gasteiger partial charge in [-0.3, -0.25) is 9.79 Å². The highest BCUT2D eigenvalue weighted by Gasteiger charge is 2.43. The van der Waals surface area contributed by atoms with Crippen LogP contribution >= 0.6 is 0 Å². The average molecular weight is 355 g/mol. The lowest BCUT2D eigenvalue weighted by Crippen LogP contribution is -2.48. The van der Waals surface area contributed by atoms with Gasteiger partial charge in [0.2, 0.25) is 5.91 Å². The minimum Gasteiger partial charge on any atom is -0.404 e. The van der Waals surface area contributed by atoms with E-state index >= 15 is 0 Å². The number of methoxy groups -OCH3 is 1.